The summed E-state index contributed by atoms with van der Waals surface area (Å²) in [6, 6.07) is 8.98. The molecule has 0 saturated heterocycles. The van der Waals surface area contributed by atoms with Crippen molar-refractivity contribution in [3.63, 3.8) is 0 Å². The van der Waals surface area contributed by atoms with E-state index in [4.69, 9.17) is 0 Å². The summed E-state index contributed by atoms with van der Waals surface area (Å²) in [4.78, 5) is 11.7. The smallest absolute Gasteiger partial charge is 0.394 e. The Hall–Kier alpha value is -1.02. The molecule has 0 radical (unpaired) electrons. The van der Waals surface area contributed by atoms with Crippen molar-refractivity contribution >= 4 is 25.3 Å². The van der Waals surface area contributed by atoms with Gasteiger partial charge in [-0.25, -0.2) is 0 Å². The van der Waals surface area contributed by atoms with Gasteiger partial charge in [0.15, 0.2) is 0 Å². The van der Waals surface area contributed by atoms with Gasteiger partial charge in [-0.2, -0.15) is 12.6 Å². The second-order valence-corrected chi connectivity index (χ2v) is 5.05. The van der Waals surface area contributed by atoms with Gasteiger partial charge in [0.25, 0.3) is 0 Å². The fraction of sp³-hybridized carbons (Fsp3) is 0.417. The molecule has 0 aliphatic carbocycles. The van der Waals surface area contributed by atoms with Crippen LogP contribution in [0.3, 0.4) is 0 Å². The first-order chi connectivity index (χ1) is 8.84. The normalized spacial score (nSPS) is 14.8. The van der Waals surface area contributed by atoms with Crippen molar-refractivity contribution < 1.29 is 19.9 Å². The van der Waals surface area contributed by atoms with Crippen LogP contribution in [-0.2, 0) is 11.2 Å². The Morgan fingerprint density at radius 1 is 1.32 bits per heavy atom. The molecule has 1 amide bonds. The van der Waals surface area contributed by atoms with E-state index in [1.807, 2.05) is 6.07 Å². The summed E-state index contributed by atoms with van der Waals surface area (Å²) in [5.41, 5.74) is 0.787. The largest absolute Gasteiger partial charge is 0.558 e. The molecule has 5 nitrogen and oxygen atoms in total. The Kier molecular flexibility index (Phi) is 5.87. The lowest BCUT2D eigenvalue weighted by molar-refractivity contribution is -0.124. The monoisotopic (exact) mass is 284 g/mol. The minimum atomic E-state index is -3.64. The van der Waals surface area contributed by atoms with Crippen molar-refractivity contribution in [2.75, 3.05) is 5.75 Å². The lowest BCUT2D eigenvalue weighted by Crippen LogP contribution is -2.59. The Labute approximate surface area is 118 Å². The minimum Gasteiger partial charge on any atom is -0.558 e. The number of rotatable bonds is 6. The standard InChI is InChI=1S/C12H19BNO4S/c1-9(8-19)12(15)14-11(13(16,17)18)7-10-5-3-2-4-6-10/h2-6,9,11,16-19H,7-8H2,1H3,(H,14,15)/q-1/t9-,11+/m1/s1. The lowest BCUT2D eigenvalue weighted by atomic mass is 9.67. The molecule has 0 saturated carbocycles. The van der Waals surface area contributed by atoms with Crippen LogP contribution in [0.4, 0.5) is 0 Å². The summed E-state index contributed by atoms with van der Waals surface area (Å²) in [6.07, 6.45) is 0.134. The molecular formula is C12H19BNO4S-. The average molecular weight is 284 g/mol. The van der Waals surface area contributed by atoms with Crippen molar-refractivity contribution in [3.05, 3.63) is 35.9 Å². The second kappa shape index (κ2) is 6.95. The number of amides is 1. The lowest BCUT2D eigenvalue weighted by Gasteiger charge is -2.33. The highest BCUT2D eigenvalue weighted by molar-refractivity contribution is 7.80. The third-order valence-electron chi connectivity index (χ3n) is 2.89. The maximum atomic E-state index is 11.7. The fourth-order valence-corrected chi connectivity index (χ4v) is 1.76. The molecule has 0 aliphatic rings. The molecule has 0 aliphatic heterocycles. The number of nitrogens with one attached hydrogen (secondary N) is 1. The van der Waals surface area contributed by atoms with Gasteiger partial charge in [-0.3, -0.25) is 4.79 Å². The van der Waals surface area contributed by atoms with Crippen LogP contribution in [0.25, 0.3) is 0 Å². The van der Waals surface area contributed by atoms with E-state index in [9.17, 15) is 19.9 Å². The average Bonchev–Trinajstić information content (AvgIpc) is 2.37. The number of carbonyl (C=O) groups excluding carboxylic acids is 1. The van der Waals surface area contributed by atoms with Crippen LogP contribution in [0.1, 0.15) is 12.5 Å². The predicted octanol–water partition coefficient (Wildman–Crippen LogP) is -0.265. The van der Waals surface area contributed by atoms with Gasteiger partial charge < -0.3 is 20.4 Å². The summed E-state index contributed by atoms with van der Waals surface area (Å²) in [7, 11) is 0. The Morgan fingerprint density at radius 2 is 1.89 bits per heavy atom. The highest BCUT2D eigenvalue weighted by Gasteiger charge is 2.31. The van der Waals surface area contributed by atoms with Crippen LogP contribution >= 0.6 is 12.6 Å². The van der Waals surface area contributed by atoms with Gasteiger partial charge >= 0.3 is 6.75 Å². The molecule has 7 heteroatoms. The molecular weight excluding hydrogens is 265 g/mol. The molecule has 4 N–H and O–H groups in total. The molecule has 19 heavy (non-hydrogen) atoms. The first kappa shape index (κ1) is 16.0. The predicted molar refractivity (Wildman–Crippen MR) is 77.5 cm³/mol. The van der Waals surface area contributed by atoms with Gasteiger partial charge in [0, 0.05) is 11.7 Å². The number of benzene rings is 1. The SMILES string of the molecule is C[C@H](CS)C(=O)N[C@@H](Cc1ccccc1)[B-](O)(O)O. The van der Waals surface area contributed by atoms with E-state index in [1.165, 1.54) is 0 Å². The molecule has 2 atom stereocenters. The first-order valence-electron chi connectivity index (χ1n) is 6.11. The summed E-state index contributed by atoms with van der Waals surface area (Å²) in [5, 5.41) is 30.6. The molecule has 1 aromatic carbocycles. The van der Waals surface area contributed by atoms with E-state index < -0.39 is 12.7 Å². The van der Waals surface area contributed by atoms with Gasteiger partial charge in [0.05, 0.1) is 0 Å². The first-order valence-corrected chi connectivity index (χ1v) is 6.75. The van der Waals surface area contributed by atoms with E-state index in [0.717, 1.165) is 5.56 Å². The van der Waals surface area contributed by atoms with E-state index >= 15 is 0 Å². The minimum absolute atomic E-state index is 0.134. The van der Waals surface area contributed by atoms with E-state index in [-0.39, 0.29) is 18.2 Å². The highest BCUT2D eigenvalue weighted by Crippen LogP contribution is 2.09. The van der Waals surface area contributed by atoms with Crippen molar-refractivity contribution in [3.8, 4) is 0 Å². The third kappa shape index (κ3) is 5.24. The Balaban J connectivity index is 2.77. The van der Waals surface area contributed by atoms with Crippen molar-refractivity contribution in [1.29, 1.82) is 0 Å². The molecule has 0 heterocycles. The van der Waals surface area contributed by atoms with Gasteiger partial charge in [-0.05, 0) is 17.9 Å². The maximum absolute atomic E-state index is 11.7. The van der Waals surface area contributed by atoms with Gasteiger partial charge in [-0.1, -0.05) is 37.3 Å². The zero-order valence-electron chi connectivity index (χ0n) is 10.7. The molecule has 106 valence electrons. The molecule has 0 unspecified atom stereocenters. The van der Waals surface area contributed by atoms with Crippen LogP contribution < -0.4 is 5.32 Å². The van der Waals surface area contributed by atoms with E-state index in [0.29, 0.717) is 5.75 Å². The summed E-state index contributed by atoms with van der Waals surface area (Å²) in [6.45, 7) is -1.97. The van der Waals surface area contributed by atoms with Crippen LogP contribution in [0, 0.1) is 5.92 Å². The number of carbonyl (C=O) groups is 1. The molecule has 0 bridgehead atoms. The topological polar surface area (TPSA) is 89.8 Å². The third-order valence-corrected chi connectivity index (χ3v) is 3.44. The summed E-state index contributed by atoms with van der Waals surface area (Å²) >= 11 is 4.01. The Morgan fingerprint density at radius 3 is 2.37 bits per heavy atom. The van der Waals surface area contributed by atoms with Crippen molar-refractivity contribution in [2.45, 2.75) is 19.3 Å². The summed E-state index contributed by atoms with van der Waals surface area (Å²) in [5.74, 6) is -1.55. The van der Waals surface area contributed by atoms with Crippen molar-refractivity contribution in [2.24, 2.45) is 5.92 Å². The second-order valence-electron chi connectivity index (χ2n) is 4.68. The number of thiol groups is 1. The quantitative estimate of drug-likeness (QED) is 0.367. The Bertz CT molecular complexity index is 410. The van der Waals surface area contributed by atoms with E-state index in [2.05, 4.69) is 17.9 Å². The van der Waals surface area contributed by atoms with Gasteiger partial charge in [-0.15, -0.1) is 0 Å². The molecule has 0 spiro atoms. The maximum Gasteiger partial charge on any atom is 0.394 e. The molecule has 0 aromatic heterocycles. The number of hydrogen-bond donors (Lipinski definition) is 5. The number of hydrogen-bond acceptors (Lipinski definition) is 5. The van der Waals surface area contributed by atoms with Gasteiger partial charge in [0.1, 0.15) is 0 Å². The molecule has 1 rings (SSSR count). The molecule has 0 fully saturated rings. The van der Waals surface area contributed by atoms with Crippen LogP contribution in [0.2, 0.25) is 0 Å². The zero-order valence-corrected chi connectivity index (χ0v) is 11.6. The highest BCUT2D eigenvalue weighted by atomic mass is 32.1. The zero-order chi connectivity index (χ0) is 14.5. The molecule has 1 aromatic rings. The fourth-order valence-electron chi connectivity index (χ4n) is 1.60. The van der Waals surface area contributed by atoms with Crippen LogP contribution in [0.15, 0.2) is 30.3 Å². The van der Waals surface area contributed by atoms with E-state index in [1.54, 1.807) is 31.2 Å². The van der Waals surface area contributed by atoms with Gasteiger partial charge in [0.2, 0.25) is 5.91 Å². The van der Waals surface area contributed by atoms with Crippen molar-refractivity contribution in [1.82, 2.24) is 5.32 Å². The summed E-state index contributed by atoms with van der Waals surface area (Å²) < 4.78 is 0. The van der Waals surface area contributed by atoms with Crippen LogP contribution in [0.5, 0.6) is 0 Å². The van der Waals surface area contributed by atoms with Crippen LogP contribution in [-0.4, -0.2) is 39.4 Å².